The van der Waals surface area contributed by atoms with E-state index in [1.807, 2.05) is 0 Å². The highest BCUT2D eigenvalue weighted by atomic mass is 35.5. The Morgan fingerprint density at radius 3 is 2.71 bits per heavy atom. The summed E-state index contributed by atoms with van der Waals surface area (Å²) >= 11 is 6.02. The van der Waals surface area contributed by atoms with E-state index >= 15 is 0 Å². The maximum Gasteiger partial charge on any atom is 0.329 e. The monoisotopic (exact) mass is 354 g/mol. The first-order valence-electron chi connectivity index (χ1n) is 7.46. The first kappa shape index (κ1) is 18.1. The van der Waals surface area contributed by atoms with Crippen molar-refractivity contribution in [1.82, 2.24) is 5.32 Å². The Morgan fingerprint density at radius 1 is 1.42 bits per heavy atom. The van der Waals surface area contributed by atoms with Gasteiger partial charge < -0.3 is 20.1 Å². The normalized spacial score (nSPS) is 17.8. The van der Waals surface area contributed by atoms with Crippen LogP contribution in [0.2, 0.25) is 5.02 Å². The van der Waals surface area contributed by atoms with Gasteiger partial charge in [-0.1, -0.05) is 11.6 Å². The predicted molar refractivity (Wildman–Crippen MR) is 88.1 cm³/mol. The van der Waals surface area contributed by atoms with Gasteiger partial charge in [-0.25, -0.2) is 4.79 Å². The summed E-state index contributed by atoms with van der Waals surface area (Å²) in [6.07, 6.45) is -0.367. The molecule has 0 saturated carbocycles. The minimum Gasteiger partial charge on any atom is -0.495 e. The number of halogens is 1. The molecule has 2 atom stereocenters. The van der Waals surface area contributed by atoms with E-state index in [-0.39, 0.29) is 12.3 Å². The fourth-order valence-corrected chi connectivity index (χ4v) is 2.42. The lowest BCUT2D eigenvalue weighted by atomic mass is 10.2. The summed E-state index contributed by atoms with van der Waals surface area (Å²) in [6, 6.07) is 2.57. The zero-order valence-electron chi connectivity index (χ0n) is 13.6. The second-order valence-corrected chi connectivity index (χ2v) is 5.94. The molecule has 0 aliphatic carbocycles. The molecule has 1 aromatic rings. The lowest BCUT2D eigenvalue weighted by molar-refractivity contribution is -0.155. The minimum absolute atomic E-state index is 0.199. The molecule has 1 aromatic carbocycles. The van der Waals surface area contributed by atoms with Crippen molar-refractivity contribution in [1.29, 1.82) is 0 Å². The van der Waals surface area contributed by atoms with Crippen molar-refractivity contribution in [3.8, 4) is 5.75 Å². The summed E-state index contributed by atoms with van der Waals surface area (Å²) < 4.78 is 10.3. The second kappa shape index (κ2) is 7.53. The molecular formula is C16H19ClN2O5. The van der Waals surface area contributed by atoms with Crippen molar-refractivity contribution >= 4 is 35.1 Å². The summed E-state index contributed by atoms with van der Waals surface area (Å²) in [6.45, 7) is 3.25. The molecule has 0 aromatic heterocycles. The van der Waals surface area contributed by atoms with Gasteiger partial charge in [0.05, 0.1) is 12.8 Å². The van der Waals surface area contributed by atoms with Gasteiger partial charge in [0, 0.05) is 17.5 Å². The quantitative estimate of drug-likeness (QED) is 0.786. The molecule has 1 aliphatic heterocycles. The smallest absolute Gasteiger partial charge is 0.329 e. The number of carbonyl (C=O) groups is 3. The third kappa shape index (κ3) is 4.17. The zero-order chi connectivity index (χ0) is 17.9. The van der Waals surface area contributed by atoms with Crippen molar-refractivity contribution in [2.75, 3.05) is 12.4 Å². The van der Waals surface area contributed by atoms with Crippen molar-refractivity contribution in [3.05, 3.63) is 22.7 Å². The van der Waals surface area contributed by atoms with E-state index in [0.717, 1.165) is 5.56 Å². The molecule has 2 rings (SSSR count). The highest BCUT2D eigenvalue weighted by Crippen LogP contribution is 2.31. The molecule has 0 bridgehead atoms. The molecule has 1 saturated heterocycles. The number of esters is 1. The van der Waals surface area contributed by atoms with Gasteiger partial charge >= 0.3 is 5.97 Å². The van der Waals surface area contributed by atoms with Crippen LogP contribution < -0.4 is 15.4 Å². The van der Waals surface area contributed by atoms with E-state index in [2.05, 4.69) is 10.6 Å². The standard InChI is InChI=1S/C16H19ClN2O5/c1-8-6-12(13(23-3)7-10(8)17)19-15(21)9(2)24-16(22)11-4-5-14(20)18-11/h6-7,9,11H,4-5H2,1-3H3,(H,18,20)(H,19,21)/t9-,11+/m1/s1. The molecule has 0 unspecified atom stereocenters. The van der Waals surface area contributed by atoms with Crippen LogP contribution >= 0.6 is 11.6 Å². The van der Waals surface area contributed by atoms with Crippen LogP contribution in [0.25, 0.3) is 0 Å². The van der Waals surface area contributed by atoms with E-state index in [1.54, 1.807) is 19.1 Å². The fourth-order valence-electron chi connectivity index (χ4n) is 2.26. The largest absolute Gasteiger partial charge is 0.495 e. The third-order valence-corrected chi connectivity index (χ3v) is 4.09. The van der Waals surface area contributed by atoms with Crippen molar-refractivity contribution in [2.24, 2.45) is 0 Å². The number of benzene rings is 1. The molecule has 0 radical (unpaired) electrons. The van der Waals surface area contributed by atoms with Crippen molar-refractivity contribution in [3.63, 3.8) is 0 Å². The van der Waals surface area contributed by atoms with Crippen LogP contribution in [-0.4, -0.2) is 37.0 Å². The summed E-state index contributed by atoms with van der Waals surface area (Å²) in [5.74, 6) is -0.925. The van der Waals surface area contributed by atoms with E-state index < -0.39 is 24.0 Å². The Bertz CT molecular complexity index is 677. The van der Waals surface area contributed by atoms with Crippen LogP contribution in [0.3, 0.4) is 0 Å². The van der Waals surface area contributed by atoms with Crippen LogP contribution in [0.4, 0.5) is 5.69 Å². The number of hydrogen-bond acceptors (Lipinski definition) is 5. The van der Waals surface area contributed by atoms with Crippen LogP contribution in [0.5, 0.6) is 5.75 Å². The van der Waals surface area contributed by atoms with Crippen molar-refractivity contribution < 1.29 is 23.9 Å². The molecule has 1 heterocycles. The number of ether oxygens (including phenoxy) is 2. The topological polar surface area (TPSA) is 93.7 Å². The molecule has 0 spiro atoms. The first-order chi connectivity index (χ1) is 11.3. The number of nitrogens with one attached hydrogen (secondary N) is 2. The summed E-state index contributed by atoms with van der Waals surface area (Å²) in [5.41, 5.74) is 1.20. The molecule has 24 heavy (non-hydrogen) atoms. The maximum absolute atomic E-state index is 12.2. The number of hydrogen-bond donors (Lipinski definition) is 2. The molecule has 2 amide bonds. The molecule has 1 aliphatic rings. The fraction of sp³-hybridized carbons (Fsp3) is 0.438. The lowest BCUT2D eigenvalue weighted by Crippen LogP contribution is -2.39. The number of rotatable bonds is 5. The Morgan fingerprint density at radius 2 is 2.12 bits per heavy atom. The van der Waals surface area contributed by atoms with Crippen molar-refractivity contribution in [2.45, 2.75) is 38.8 Å². The molecule has 1 fully saturated rings. The van der Waals surface area contributed by atoms with Gasteiger partial charge in [-0.2, -0.15) is 0 Å². The summed E-state index contributed by atoms with van der Waals surface area (Å²) in [5, 5.41) is 5.66. The highest BCUT2D eigenvalue weighted by molar-refractivity contribution is 6.31. The minimum atomic E-state index is -1.02. The van der Waals surface area contributed by atoms with Gasteiger partial charge in [0.15, 0.2) is 6.10 Å². The van der Waals surface area contributed by atoms with Gasteiger partial charge in [0.1, 0.15) is 11.8 Å². The van der Waals surface area contributed by atoms with Gasteiger partial charge in [0.25, 0.3) is 5.91 Å². The van der Waals surface area contributed by atoms with E-state index in [4.69, 9.17) is 21.1 Å². The molecular weight excluding hydrogens is 336 g/mol. The number of aryl methyl sites for hydroxylation is 1. The highest BCUT2D eigenvalue weighted by Gasteiger charge is 2.31. The first-order valence-corrected chi connectivity index (χ1v) is 7.84. The van der Waals surface area contributed by atoms with Crippen LogP contribution in [-0.2, 0) is 19.1 Å². The molecule has 8 heteroatoms. The molecule has 130 valence electrons. The molecule has 2 N–H and O–H groups in total. The zero-order valence-corrected chi connectivity index (χ0v) is 14.4. The van der Waals surface area contributed by atoms with Crippen LogP contribution in [0.1, 0.15) is 25.3 Å². The van der Waals surface area contributed by atoms with E-state index in [0.29, 0.717) is 22.9 Å². The maximum atomic E-state index is 12.2. The number of methoxy groups -OCH3 is 1. The van der Waals surface area contributed by atoms with Gasteiger partial charge in [0.2, 0.25) is 5.91 Å². The third-order valence-electron chi connectivity index (χ3n) is 3.68. The average Bonchev–Trinajstić information content (AvgIpc) is 2.97. The van der Waals surface area contributed by atoms with E-state index in [1.165, 1.54) is 14.0 Å². The second-order valence-electron chi connectivity index (χ2n) is 5.53. The summed E-state index contributed by atoms with van der Waals surface area (Å²) in [4.78, 5) is 35.3. The van der Waals surface area contributed by atoms with E-state index in [9.17, 15) is 14.4 Å². The average molecular weight is 355 g/mol. The lowest BCUT2D eigenvalue weighted by Gasteiger charge is -2.17. The number of amides is 2. The van der Waals surface area contributed by atoms with Gasteiger partial charge in [-0.05, 0) is 31.9 Å². The van der Waals surface area contributed by atoms with Gasteiger partial charge in [-0.3, -0.25) is 9.59 Å². The van der Waals surface area contributed by atoms with Crippen LogP contribution in [0.15, 0.2) is 12.1 Å². The molecule has 7 nitrogen and oxygen atoms in total. The van der Waals surface area contributed by atoms with Gasteiger partial charge in [-0.15, -0.1) is 0 Å². The Balaban J connectivity index is 2.00. The number of carbonyl (C=O) groups excluding carboxylic acids is 3. The SMILES string of the molecule is COc1cc(Cl)c(C)cc1NC(=O)[C@@H](C)OC(=O)[C@@H]1CCC(=O)N1. The Hall–Kier alpha value is -2.28. The predicted octanol–water partition coefficient (Wildman–Crippen LogP) is 1.81. The Labute approximate surface area is 144 Å². The Kier molecular flexibility index (Phi) is 5.66. The number of anilines is 1. The van der Waals surface area contributed by atoms with Crippen LogP contribution in [0, 0.1) is 6.92 Å². The summed E-state index contributed by atoms with van der Waals surface area (Å²) in [7, 11) is 1.46.